The zero-order chi connectivity index (χ0) is 19.1. The van der Waals surface area contributed by atoms with Crippen molar-refractivity contribution in [2.24, 2.45) is 0 Å². The second kappa shape index (κ2) is 9.94. The van der Waals surface area contributed by atoms with Gasteiger partial charge >= 0.3 is 0 Å². The molecule has 1 aliphatic carbocycles. The molecule has 0 aromatic carbocycles. The molecular formula is C19H29N5O2S. The summed E-state index contributed by atoms with van der Waals surface area (Å²) in [7, 11) is 0. The largest absolute Gasteiger partial charge is 0.380 e. The molecule has 0 bridgehead atoms. The van der Waals surface area contributed by atoms with E-state index in [9.17, 15) is 4.79 Å². The summed E-state index contributed by atoms with van der Waals surface area (Å²) < 4.78 is 7.43. The number of nitrogens with zero attached hydrogens (tertiary/aromatic N) is 3. The Hall–Kier alpha value is -1.80. The molecule has 0 fully saturated rings. The quantitative estimate of drug-likeness (QED) is 0.406. The highest BCUT2D eigenvalue weighted by atomic mass is 32.1. The van der Waals surface area contributed by atoms with Gasteiger partial charge < -0.3 is 10.1 Å². The number of carbonyl (C=O) groups is 1. The number of hydrogen-bond donors (Lipinski definition) is 3. The number of carbonyl (C=O) groups excluding carboxylic acids is 1. The topological polar surface area (TPSA) is 84.8 Å². The van der Waals surface area contributed by atoms with E-state index in [0.717, 1.165) is 67.6 Å². The Morgan fingerprint density at radius 2 is 2.19 bits per heavy atom. The van der Waals surface area contributed by atoms with Crippen LogP contribution in [0.2, 0.25) is 0 Å². The Kier molecular flexibility index (Phi) is 7.34. The van der Waals surface area contributed by atoms with Gasteiger partial charge in [-0.1, -0.05) is 12.8 Å². The van der Waals surface area contributed by atoms with Crippen molar-refractivity contribution in [3.8, 4) is 11.3 Å². The summed E-state index contributed by atoms with van der Waals surface area (Å²) >= 11 is 4.21. The van der Waals surface area contributed by atoms with Crippen LogP contribution in [-0.2, 0) is 24.1 Å². The first-order valence-corrected chi connectivity index (χ1v) is 10.5. The lowest BCUT2D eigenvalue weighted by molar-refractivity contribution is 0.0947. The Morgan fingerprint density at radius 3 is 3.00 bits per heavy atom. The Morgan fingerprint density at radius 1 is 1.33 bits per heavy atom. The number of unbranched alkanes of at least 4 members (excludes halogenated alkanes) is 3. The molecular weight excluding hydrogens is 362 g/mol. The molecule has 0 aliphatic heterocycles. The summed E-state index contributed by atoms with van der Waals surface area (Å²) in [5, 5.41) is 14.9. The molecule has 7 nitrogen and oxygen atoms in total. The highest BCUT2D eigenvalue weighted by Gasteiger charge is 2.27. The summed E-state index contributed by atoms with van der Waals surface area (Å²) in [6.45, 7) is 4.78. The molecule has 3 rings (SSSR count). The lowest BCUT2D eigenvalue weighted by Crippen LogP contribution is -2.26. The van der Waals surface area contributed by atoms with Crippen LogP contribution in [0.15, 0.2) is 6.20 Å². The molecule has 0 saturated heterocycles. The van der Waals surface area contributed by atoms with Gasteiger partial charge in [0.05, 0.1) is 25.0 Å². The van der Waals surface area contributed by atoms with Crippen molar-refractivity contribution in [3.63, 3.8) is 0 Å². The van der Waals surface area contributed by atoms with Crippen LogP contribution in [0.5, 0.6) is 0 Å². The first-order chi connectivity index (χ1) is 13.3. The van der Waals surface area contributed by atoms with Crippen molar-refractivity contribution in [2.45, 2.75) is 52.0 Å². The van der Waals surface area contributed by atoms with Crippen LogP contribution in [0.1, 0.15) is 54.4 Å². The Balaban J connectivity index is 1.61. The molecule has 0 atom stereocenters. The van der Waals surface area contributed by atoms with Crippen molar-refractivity contribution in [2.75, 3.05) is 25.5 Å². The lowest BCUT2D eigenvalue weighted by atomic mass is 9.93. The molecule has 1 aliphatic rings. The SMILES string of the molecule is CCOCCn1ncc2c1CCc1c-2n[nH]c1C(=O)NCCCCCCS. The number of aromatic amines is 1. The van der Waals surface area contributed by atoms with Gasteiger partial charge in [0.1, 0.15) is 5.69 Å². The predicted molar refractivity (Wildman–Crippen MR) is 108 cm³/mol. The Bertz CT molecular complexity index is 755. The van der Waals surface area contributed by atoms with E-state index in [1.807, 2.05) is 17.8 Å². The lowest BCUT2D eigenvalue weighted by Gasteiger charge is -2.15. The van der Waals surface area contributed by atoms with Crippen molar-refractivity contribution in [3.05, 3.63) is 23.1 Å². The van der Waals surface area contributed by atoms with Gasteiger partial charge in [0.15, 0.2) is 0 Å². The molecule has 2 heterocycles. The second-order valence-electron chi connectivity index (χ2n) is 6.74. The minimum absolute atomic E-state index is 0.0647. The van der Waals surface area contributed by atoms with E-state index in [1.165, 1.54) is 5.69 Å². The first-order valence-electron chi connectivity index (χ1n) is 9.85. The number of thiol groups is 1. The van der Waals surface area contributed by atoms with E-state index in [4.69, 9.17) is 4.74 Å². The molecule has 2 N–H and O–H groups in total. The van der Waals surface area contributed by atoms with Crippen molar-refractivity contribution in [1.82, 2.24) is 25.3 Å². The van der Waals surface area contributed by atoms with E-state index in [-0.39, 0.29) is 5.91 Å². The number of H-pyrrole nitrogens is 1. The summed E-state index contributed by atoms with van der Waals surface area (Å²) in [6.07, 6.45) is 7.91. The van der Waals surface area contributed by atoms with Gasteiger partial charge in [0.25, 0.3) is 5.91 Å². The smallest absolute Gasteiger partial charge is 0.269 e. The molecule has 2 aromatic heterocycles. The fourth-order valence-corrected chi connectivity index (χ4v) is 3.73. The highest BCUT2D eigenvalue weighted by Crippen LogP contribution is 2.33. The van der Waals surface area contributed by atoms with Crippen LogP contribution in [0.25, 0.3) is 11.3 Å². The molecule has 0 unspecified atom stereocenters. The summed E-state index contributed by atoms with van der Waals surface area (Å²) in [5.74, 6) is 0.863. The molecule has 0 spiro atoms. The van der Waals surface area contributed by atoms with Crippen molar-refractivity contribution >= 4 is 18.5 Å². The van der Waals surface area contributed by atoms with Gasteiger partial charge in [-0.3, -0.25) is 14.6 Å². The first kappa shape index (κ1) is 19.9. The van der Waals surface area contributed by atoms with Crippen LogP contribution in [0, 0.1) is 0 Å². The molecule has 148 valence electrons. The number of rotatable bonds is 11. The number of fused-ring (bicyclic) bond motifs is 3. The number of amides is 1. The summed E-state index contributed by atoms with van der Waals surface area (Å²) in [6, 6.07) is 0. The van der Waals surface area contributed by atoms with Gasteiger partial charge in [-0.2, -0.15) is 22.8 Å². The molecule has 0 radical (unpaired) electrons. The number of nitrogens with one attached hydrogen (secondary N) is 2. The maximum atomic E-state index is 12.5. The maximum absolute atomic E-state index is 12.5. The van der Waals surface area contributed by atoms with Crippen LogP contribution < -0.4 is 5.32 Å². The fraction of sp³-hybridized carbons (Fsp3) is 0.632. The van der Waals surface area contributed by atoms with Gasteiger partial charge in [-0.25, -0.2) is 0 Å². The summed E-state index contributed by atoms with van der Waals surface area (Å²) in [4.78, 5) is 12.5. The van der Waals surface area contributed by atoms with Crippen LogP contribution in [0.4, 0.5) is 0 Å². The number of aromatic nitrogens is 4. The molecule has 0 saturated carbocycles. The standard InChI is InChI=1S/C19H29N5O2S/c1-2-26-11-10-24-16-8-7-14-17(15(16)13-21-24)22-23-18(14)19(25)20-9-5-3-4-6-12-27/h13,27H,2-12H2,1H3,(H,20,25)(H,22,23). The van der Waals surface area contributed by atoms with E-state index < -0.39 is 0 Å². The normalized spacial score (nSPS) is 12.7. The van der Waals surface area contributed by atoms with Crippen molar-refractivity contribution in [1.29, 1.82) is 0 Å². The van der Waals surface area contributed by atoms with Gasteiger partial charge in [0, 0.05) is 30.0 Å². The molecule has 2 aromatic rings. The minimum atomic E-state index is -0.0647. The van der Waals surface area contributed by atoms with E-state index >= 15 is 0 Å². The van der Waals surface area contributed by atoms with E-state index in [2.05, 4.69) is 33.2 Å². The monoisotopic (exact) mass is 391 g/mol. The molecule has 1 amide bonds. The average Bonchev–Trinajstić information content (AvgIpc) is 3.28. The van der Waals surface area contributed by atoms with Crippen LogP contribution >= 0.6 is 12.6 Å². The van der Waals surface area contributed by atoms with E-state index in [1.54, 1.807) is 0 Å². The third-order valence-corrected chi connectivity index (χ3v) is 5.25. The molecule has 27 heavy (non-hydrogen) atoms. The fourth-order valence-electron chi connectivity index (χ4n) is 3.50. The second-order valence-corrected chi connectivity index (χ2v) is 7.19. The number of hydrogen-bond acceptors (Lipinski definition) is 5. The highest BCUT2D eigenvalue weighted by molar-refractivity contribution is 7.80. The van der Waals surface area contributed by atoms with Gasteiger partial charge in [0.2, 0.25) is 0 Å². The number of ether oxygens (including phenoxy) is 1. The van der Waals surface area contributed by atoms with Gasteiger partial charge in [-0.15, -0.1) is 0 Å². The zero-order valence-electron chi connectivity index (χ0n) is 16.0. The Labute approximate surface area is 165 Å². The van der Waals surface area contributed by atoms with Crippen LogP contribution in [-0.4, -0.2) is 51.4 Å². The van der Waals surface area contributed by atoms with Crippen LogP contribution in [0.3, 0.4) is 0 Å². The average molecular weight is 392 g/mol. The summed E-state index contributed by atoms with van der Waals surface area (Å²) in [5.41, 5.74) is 4.64. The predicted octanol–water partition coefficient (Wildman–Crippen LogP) is 2.63. The third-order valence-electron chi connectivity index (χ3n) is 4.93. The van der Waals surface area contributed by atoms with Crippen molar-refractivity contribution < 1.29 is 9.53 Å². The maximum Gasteiger partial charge on any atom is 0.269 e. The van der Waals surface area contributed by atoms with E-state index in [0.29, 0.717) is 25.5 Å². The van der Waals surface area contributed by atoms with Gasteiger partial charge in [-0.05, 0) is 38.4 Å². The zero-order valence-corrected chi connectivity index (χ0v) is 16.9. The minimum Gasteiger partial charge on any atom is -0.380 e. The third kappa shape index (κ3) is 4.73. The molecule has 8 heteroatoms.